The molecule has 2 N–H and O–H groups in total. The van der Waals surface area contributed by atoms with Crippen LogP contribution in [0.15, 0.2) is 42.5 Å². The van der Waals surface area contributed by atoms with Crippen molar-refractivity contribution >= 4 is 5.69 Å². The van der Waals surface area contributed by atoms with Crippen molar-refractivity contribution in [2.75, 3.05) is 5.32 Å². The number of phenolic OH excluding ortho intramolecular Hbond substituents is 1. The molecule has 0 spiro atoms. The fraction of sp³-hybridized carbons (Fsp3) is 0.429. The highest BCUT2D eigenvalue weighted by Gasteiger charge is 2.32. The van der Waals surface area contributed by atoms with Crippen LogP contribution in [0.1, 0.15) is 55.7 Å². The lowest BCUT2D eigenvalue weighted by Crippen LogP contribution is -2.25. The molecule has 0 saturated heterocycles. The summed E-state index contributed by atoms with van der Waals surface area (Å²) in [5.74, 6) is 0.489. The molecule has 0 bridgehead atoms. The van der Waals surface area contributed by atoms with Crippen molar-refractivity contribution in [1.29, 1.82) is 0 Å². The molecule has 1 aliphatic rings. The molecule has 1 aliphatic carbocycles. The molecule has 23 heavy (non-hydrogen) atoms. The van der Waals surface area contributed by atoms with E-state index in [9.17, 15) is 5.11 Å². The van der Waals surface area contributed by atoms with Gasteiger partial charge in [0.15, 0.2) is 0 Å². The third-order valence-corrected chi connectivity index (χ3v) is 5.20. The lowest BCUT2D eigenvalue weighted by Gasteiger charge is -2.35. The van der Waals surface area contributed by atoms with Crippen molar-refractivity contribution in [2.45, 2.75) is 57.9 Å². The number of anilines is 1. The number of aryl methyl sites for hydroxylation is 1. The summed E-state index contributed by atoms with van der Waals surface area (Å²) < 4.78 is 0. The van der Waals surface area contributed by atoms with Gasteiger partial charge >= 0.3 is 0 Å². The van der Waals surface area contributed by atoms with Gasteiger partial charge in [-0.05, 0) is 37.3 Å². The maximum absolute atomic E-state index is 10.9. The third kappa shape index (κ3) is 3.52. The minimum Gasteiger partial charge on any atom is -0.507 e. The molecule has 2 aromatic carbocycles. The number of rotatable bonds is 4. The predicted molar refractivity (Wildman–Crippen MR) is 97.0 cm³/mol. The van der Waals surface area contributed by atoms with Crippen LogP contribution >= 0.6 is 0 Å². The maximum Gasteiger partial charge on any atom is 0.124 e. The Hall–Kier alpha value is -1.96. The Morgan fingerprint density at radius 2 is 1.74 bits per heavy atom. The van der Waals surface area contributed by atoms with Gasteiger partial charge in [0.1, 0.15) is 5.75 Å². The summed E-state index contributed by atoms with van der Waals surface area (Å²) >= 11 is 0. The van der Waals surface area contributed by atoms with Crippen molar-refractivity contribution in [3.8, 4) is 5.75 Å². The van der Waals surface area contributed by atoms with Crippen LogP contribution in [0.4, 0.5) is 5.69 Å². The minimum absolute atomic E-state index is 0.121. The van der Waals surface area contributed by atoms with Gasteiger partial charge in [-0.2, -0.15) is 0 Å². The van der Waals surface area contributed by atoms with Gasteiger partial charge < -0.3 is 10.4 Å². The summed E-state index contributed by atoms with van der Waals surface area (Å²) in [7, 11) is 0. The average Bonchev–Trinajstić information content (AvgIpc) is 2.57. The van der Waals surface area contributed by atoms with E-state index < -0.39 is 0 Å². The lowest BCUT2D eigenvalue weighted by atomic mass is 9.70. The summed E-state index contributed by atoms with van der Waals surface area (Å²) in [6.07, 6.45) is 6.21. The highest BCUT2D eigenvalue weighted by Crippen LogP contribution is 2.44. The molecule has 2 nitrogen and oxygen atoms in total. The Kier molecular flexibility index (Phi) is 4.61. The molecule has 0 aliphatic heterocycles. The number of benzene rings is 2. The van der Waals surface area contributed by atoms with Gasteiger partial charge in [-0.3, -0.25) is 0 Å². The SMILES string of the molecule is Cc1cc(CNc2ccccc2)c(O)c(C2(C)CCCCC2)c1. The van der Waals surface area contributed by atoms with Gasteiger partial charge in [-0.15, -0.1) is 0 Å². The fourth-order valence-electron chi connectivity index (χ4n) is 3.80. The number of aromatic hydroxyl groups is 1. The number of nitrogens with one attached hydrogen (secondary N) is 1. The smallest absolute Gasteiger partial charge is 0.124 e. The van der Waals surface area contributed by atoms with Crippen LogP contribution in [0.25, 0.3) is 0 Å². The van der Waals surface area contributed by atoms with Crippen molar-refractivity contribution in [3.63, 3.8) is 0 Å². The zero-order valence-electron chi connectivity index (χ0n) is 14.2. The molecule has 1 fully saturated rings. The first kappa shape index (κ1) is 15.9. The topological polar surface area (TPSA) is 32.3 Å². The van der Waals surface area contributed by atoms with Crippen LogP contribution in [-0.2, 0) is 12.0 Å². The molecule has 0 aromatic heterocycles. The summed E-state index contributed by atoms with van der Waals surface area (Å²) in [5, 5.41) is 14.3. The summed E-state index contributed by atoms with van der Waals surface area (Å²) in [4.78, 5) is 0. The van der Waals surface area contributed by atoms with E-state index in [2.05, 4.69) is 43.4 Å². The molecule has 2 heteroatoms. The normalized spacial score (nSPS) is 17.0. The second kappa shape index (κ2) is 6.66. The van der Waals surface area contributed by atoms with Crippen LogP contribution in [0.2, 0.25) is 0 Å². The first-order valence-corrected chi connectivity index (χ1v) is 8.70. The van der Waals surface area contributed by atoms with E-state index in [0.717, 1.165) is 16.8 Å². The molecule has 0 heterocycles. The lowest BCUT2D eigenvalue weighted by molar-refractivity contribution is 0.307. The molecular formula is C21H27NO. The predicted octanol–water partition coefficient (Wildman–Crippen LogP) is 5.53. The summed E-state index contributed by atoms with van der Waals surface area (Å²) in [6.45, 7) is 5.09. The minimum atomic E-state index is 0.121. The van der Waals surface area contributed by atoms with Crippen molar-refractivity contribution in [3.05, 3.63) is 59.2 Å². The van der Waals surface area contributed by atoms with Gasteiger partial charge in [0.2, 0.25) is 0 Å². The van der Waals surface area contributed by atoms with Crippen LogP contribution in [0.5, 0.6) is 5.75 Å². The molecular weight excluding hydrogens is 282 g/mol. The quantitative estimate of drug-likeness (QED) is 0.777. The van der Waals surface area contributed by atoms with Crippen LogP contribution in [0.3, 0.4) is 0 Å². The molecule has 0 atom stereocenters. The number of hydrogen-bond acceptors (Lipinski definition) is 2. The van der Waals surface area contributed by atoms with Crippen LogP contribution in [0, 0.1) is 6.92 Å². The van der Waals surface area contributed by atoms with Gasteiger partial charge in [-0.25, -0.2) is 0 Å². The first-order chi connectivity index (χ1) is 11.1. The Morgan fingerprint density at radius 3 is 2.43 bits per heavy atom. The van der Waals surface area contributed by atoms with E-state index in [-0.39, 0.29) is 5.41 Å². The Balaban J connectivity index is 1.86. The van der Waals surface area contributed by atoms with Gasteiger partial charge in [0.05, 0.1) is 0 Å². The standard InChI is InChI=1S/C21H27NO/c1-16-13-17(15-22-18-9-5-3-6-10-18)20(23)19(14-16)21(2)11-7-4-8-12-21/h3,5-6,9-10,13-14,22-23H,4,7-8,11-12,15H2,1-2H3. The first-order valence-electron chi connectivity index (χ1n) is 8.70. The monoisotopic (exact) mass is 309 g/mol. The highest BCUT2D eigenvalue weighted by molar-refractivity contribution is 5.50. The molecule has 3 rings (SSSR count). The van der Waals surface area contributed by atoms with Gasteiger partial charge in [0, 0.05) is 23.4 Å². The van der Waals surface area contributed by atoms with E-state index in [1.54, 1.807) is 0 Å². The number of hydrogen-bond donors (Lipinski definition) is 2. The van der Waals surface area contributed by atoms with Crippen molar-refractivity contribution in [2.24, 2.45) is 0 Å². The largest absolute Gasteiger partial charge is 0.507 e. The molecule has 0 radical (unpaired) electrons. The summed E-state index contributed by atoms with van der Waals surface area (Å²) in [5.41, 5.74) is 4.57. The Morgan fingerprint density at radius 1 is 1.04 bits per heavy atom. The van der Waals surface area contributed by atoms with Gasteiger partial charge in [0.25, 0.3) is 0 Å². The zero-order chi connectivity index (χ0) is 16.3. The van der Waals surface area contributed by atoms with E-state index >= 15 is 0 Å². The number of para-hydroxylation sites is 1. The Labute approximate surface area is 139 Å². The second-order valence-electron chi connectivity index (χ2n) is 7.16. The second-order valence-corrected chi connectivity index (χ2v) is 7.16. The molecule has 122 valence electrons. The van der Waals surface area contributed by atoms with Crippen LogP contribution < -0.4 is 5.32 Å². The summed E-state index contributed by atoms with van der Waals surface area (Å²) in [6, 6.07) is 14.4. The zero-order valence-corrected chi connectivity index (χ0v) is 14.2. The average molecular weight is 309 g/mol. The highest BCUT2D eigenvalue weighted by atomic mass is 16.3. The van der Waals surface area contributed by atoms with Gasteiger partial charge in [-0.1, -0.05) is 62.1 Å². The van der Waals surface area contributed by atoms with E-state index in [1.807, 2.05) is 18.2 Å². The molecule has 2 aromatic rings. The Bertz CT molecular complexity index is 657. The number of phenols is 1. The van der Waals surface area contributed by atoms with E-state index in [4.69, 9.17) is 0 Å². The molecule has 0 amide bonds. The molecule has 0 unspecified atom stereocenters. The van der Waals surface area contributed by atoms with Crippen molar-refractivity contribution in [1.82, 2.24) is 0 Å². The van der Waals surface area contributed by atoms with E-state index in [1.165, 1.54) is 37.7 Å². The van der Waals surface area contributed by atoms with Crippen LogP contribution in [-0.4, -0.2) is 5.11 Å². The molecule has 1 saturated carbocycles. The van der Waals surface area contributed by atoms with Crippen molar-refractivity contribution < 1.29 is 5.11 Å². The fourth-order valence-corrected chi connectivity index (χ4v) is 3.80. The maximum atomic E-state index is 10.9. The van der Waals surface area contributed by atoms with E-state index in [0.29, 0.717) is 12.3 Å². The third-order valence-electron chi connectivity index (χ3n) is 5.20.